The van der Waals surface area contributed by atoms with Crippen molar-refractivity contribution in [1.29, 1.82) is 0 Å². The van der Waals surface area contributed by atoms with E-state index >= 15 is 0 Å². The highest BCUT2D eigenvalue weighted by Crippen LogP contribution is 2.33. The van der Waals surface area contributed by atoms with Gasteiger partial charge in [0.2, 0.25) is 5.96 Å². The second-order valence-corrected chi connectivity index (χ2v) is 12.8. The van der Waals surface area contributed by atoms with E-state index in [1.807, 2.05) is 37.3 Å². The summed E-state index contributed by atoms with van der Waals surface area (Å²) in [5.74, 6) is -0.290. The Kier molecular flexibility index (Phi) is 9.56. The fraction of sp³-hybridized carbons (Fsp3) is 0.194. The van der Waals surface area contributed by atoms with Crippen molar-refractivity contribution in [1.82, 2.24) is 15.6 Å². The van der Waals surface area contributed by atoms with Crippen LogP contribution in [0.25, 0.3) is 22.4 Å². The first-order chi connectivity index (χ1) is 19.8. The van der Waals surface area contributed by atoms with Crippen LogP contribution in [0.1, 0.15) is 32.0 Å². The number of amides is 1. The lowest BCUT2D eigenvalue weighted by molar-refractivity contribution is 0.0561. The number of guanidine groups is 1. The minimum absolute atomic E-state index is 0.0227. The Balaban J connectivity index is 1.72. The molecule has 0 unspecified atom stereocenters. The zero-order valence-corrected chi connectivity index (χ0v) is 25.8. The third-order valence-electron chi connectivity index (χ3n) is 5.91. The summed E-state index contributed by atoms with van der Waals surface area (Å²) in [5, 5.41) is 6.60. The number of carbonyl (C=O) groups is 1. The number of alkyl carbamates (subject to hydrolysis) is 1. The van der Waals surface area contributed by atoms with Crippen molar-refractivity contribution in [3.05, 3.63) is 106 Å². The molecule has 0 bridgehead atoms. The number of halogens is 2. The van der Waals surface area contributed by atoms with Crippen LogP contribution in [0.15, 0.2) is 94.2 Å². The molecule has 2 N–H and O–H groups in total. The molecule has 0 aliphatic carbocycles. The standard InChI is InChI=1S/C31H30Cl2N4O4S/c1-20-23(18-27(21-10-14-24(32)15-11-21)28(35-20)22-12-16-25(33)17-13-22)19-34-29(36-30(38)41-31(2,3)4)37-42(39,40)26-8-6-5-7-9-26/h5-18H,19H2,1-4H3,(H2,34,36,37,38). The number of carbonyl (C=O) groups excluding carboxylic acids is 1. The number of nitrogens with one attached hydrogen (secondary N) is 2. The van der Waals surface area contributed by atoms with Gasteiger partial charge in [0, 0.05) is 33.4 Å². The van der Waals surface area contributed by atoms with Crippen LogP contribution in [-0.4, -0.2) is 31.1 Å². The Morgan fingerprint density at radius 2 is 1.48 bits per heavy atom. The molecule has 4 rings (SSSR count). The smallest absolute Gasteiger partial charge is 0.414 e. The summed E-state index contributed by atoms with van der Waals surface area (Å²) >= 11 is 12.3. The lowest BCUT2D eigenvalue weighted by atomic mass is 9.96. The fourth-order valence-electron chi connectivity index (χ4n) is 3.95. The molecule has 8 nitrogen and oxygen atoms in total. The summed E-state index contributed by atoms with van der Waals surface area (Å²) in [6.07, 6.45) is -0.855. The van der Waals surface area contributed by atoms with Crippen LogP contribution in [0.3, 0.4) is 0 Å². The van der Waals surface area contributed by atoms with Crippen molar-refractivity contribution in [2.24, 2.45) is 4.40 Å². The predicted octanol–water partition coefficient (Wildman–Crippen LogP) is 7.39. The van der Waals surface area contributed by atoms with E-state index < -0.39 is 21.7 Å². The van der Waals surface area contributed by atoms with Crippen LogP contribution >= 0.6 is 23.2 Å². The van der Waals surface area contributed by atoms with Gasteiger partial charge in [0.1, 0.15) is 5.60 Å². The lowest BCUT2D eigenvalue weighted by Crippen LogP contribution is -2.43. The van der Waals surface area contributed by atoms with Gasteiger partial charge in [-0.15, -0.1) is 4.40 Å². The first kappa shape index (κ1) is 31.0. The molecule has 1 aromatic heterocycles. The summed E-state index contributed by atoms with van der Waals surface area (Å²) in [4.78, 5) is 17.5. The molecule has 0 aliphatic rings. The average molecular weight is 626 g/mol. The normalized spacial score (nSPS) is 12.1. The molecule has 1 heterocycles. The van der Waals surface area contributed by atoms with Crippen LogP contribution in [0, 0.1) is 6.92 Å². The molecule has 0 spiro atoms. The van der Waals surface area contributed by atoms with Crippen LogP contribution in [0.4, 0.5) is 4.79 Å². The maximum atomic E-state index is 13.0. The number of pyridine rings is 1. The molecule has 0 aliphatic heterocycles. The first-order valence-corrected chi connectivity index (χ1v) is 15.2. The van der Waals surface area contributed by atoms with Crippen LogP contribution in [0.2, 0.25) is 10.0 Å². The van der Waals surface area contributed by atoms with Gasteiger partial charge in [0.25, 0.3) is 10.0 Å². The summed E-state index contributed by atoms with van der Waals surface area (Å²) in [6.45, 7) is 7.05. The number of ether oxygens (including phenoxy) is 1. The maximum Gasteiger partial charge on any atom is 0.414 e. The van der Waals surface area contributed by atoms with Gasteiger partial charge in [0.05, 0.1) is 10.6 Å². The largest absolute Gasteiger partial charge is 0.444 e. The van der Waals surface area contributed by atoms with Crippen molar-refractivity contribution in [2.75, 3.05) is 0 Å². The van der Waals surface area contributed by atoms with Crippen molar-refractivity contribution in [3.63, 3.8) is 0 Å². The highest BCUT2D eigenvalue weighted by atomic mass is 35.5. The third-order valence-corrected chi connectivity index (χ3v) is 7.70. The number of aryl methyl sites for hydroxylation is 1. The minimum Gasteiger partial charge on any atom is -0.444 e. The molecule has 0 saturated carbocycles. The molecule has 42 heavy (non-hydrogen) atoms. The van der Waals surface area contributed by atoms with E-state index in [0.717, 1.165) is 27.9 Å². The average Bonchev–Trinajstić information content (AvgIpc) is 2.92. The first-order valence-electron chi connectivity index (χ1n) is 13.0. The van der Waals surface area contributed by atoms with E-state index in [9.17, 15) is 13.2 Å². The lowest BCUT2D eigenvalue weighted by Gasteiger charge is -2.21. The molecule has 0 saturated heterocycles. The highest BCUT2D eigenvalue weighted by molar-refractivity contribution is 7.90. The predicted molar refractivity (Wildman–Crippen MR) is 167 cm³/mol. The third kappa shape index (κ3) is 8.31. The van der Waals surface area contributed by atoms with E-state index in [1.54, 1.807) is 63.2 Å². The molecule has 3 aromatic carbocycles. The molecule has 218 valence electrons. The second kappa shape index (κ2) is 12.9. The van der Waals surface area contributed by atoms with Gasteiger partial charge in [-0.3, -0.25) is 10.3 Å². The van der Waals surface area contributed by atoms with E-state index in [0.29, 0.717) is 15.7 Å². The summed E-state index contributed by atoms with van der Waals surface area (Å²) < 4.78 is 35.3. The van der Waals surface area contributed by atoms with Crippen molar-refractivity contribution < 1.29 is 17.9 Å². The van der Waals surface area contributed by atoms with E-state index in [2.05, 4.69) is 15.0 Å². The molecule has 4 aromatic rings. The van der Waals surface area contributed by atoms with Gasteiger partial charge in [-0.25, -0.2) is 4.79 Å². The van der Waals surface area contributed by atoms with Gasteiger partial charge in [-0.05, 0) is 81.3 Å². The van der Waals surface area contributed by atoms with E-state index in [1.165, 1.54) is 12.1 Å². The highest BCUT2D eigenvalue weighted by Gasteiger charge is 2.21. The van der Waals surface area contributed by atoms with Crippen molar-refractivity contribution in [2.45, 2.75) is 44.7 Å². The van der Waals surface area contributed by atoms with Gasteiger partial charge < -0.3 is 10.1 Å². The number of hydrogen-bond donors (Lipinski definition) is 2. The Morgan fingerprint density at radius 1 is 0.905 bits per heavy atom. The Morgan fingerprint density at radius 3 is 2.05 bits per heavy atom. The topological polar surface area (TPSA) is 110 Å². The monoisotopic (exact) mass is 624 g/mol. The molecular formula is C31H30Cl2N4O4S. The summed E-state index contributed by atoms with van der Waals surface area (Å²) in [6, 6.07) is 24.5. The molecule has 0 fully saturated rings. The zero-order valence-electron chi connectivity index (χ0n) is 23.5. The molecule has 0 radical (unpaired) electrons. The number of hydrogen-bond acceptors (Lipinski definition) is 5. The Labute approximate surface area is 255 Å². The van der Waals surface area contributed by atoms with Crippen LogP contribution in [0.5, 0.6) is 0 Å². The molecule has 0 atom stereocenters. The van der Waals surface area contributed by atoms with E-state index in [-0.39, 0.29) is 17.4 Å². The number of sulfonamides is 1. The number of benzene rings is 3. The maximum absolute atomic E-state index is 13.0. The molecule has 11 heteroatoms. The quantitative estimate of drug-likeness (QED) is 0.171. The Hall–Kier alpha value is -3.92. The fourth-order valence-corrected chi connectivity index (χ4v) is 5.16. The minimum atomic E-state index is -4.15. The summed E-state index contributed by atoms with van der Waals surface area (Å²) in [5.41, 5.74) is 3.94. The number of nitrogens with zero attached hydrogens (tertiary/aromatic N) is 2. The van der Waals surface area contributed by atoms with Gasteiger partial charge in [-0.1, -0.05) is 65.7 Å². The SMILES string of the molecule is Cc1nc(-c2ccc(Cl)cc2)c(-c2ccc(Cl)cc2)cc1CNC(=NS(=O)(=O)c1ccccc1)NC(=O)OC(C)(C)C. The van der Waals surface area contributed by atoms with Crippen LogP contribution in [-0.2, 0) is 21.3 Å². The molecular weight excluding hydrogens is 595 g/mol. The van der Waals surface area contributed by atoms with Crippen molar-refractivity contribution in [3.8, 4) is 22.4 Å². The van der Waals surface area contributed by atoms with E-state index in [4.69, 9.17) is 32.9 Å². The number of aromatic nitrogens is 1. The zero-order chi connectivity index (χ0) is 30.5. The number of rotatable bonds is 6. The van der Waals surface area contributed by atoms with Crippen LogP contribution < -0.4 is 10.6 Å². The second-order valence-electron chi connectivity index (χ2n) is 10.4. The Bertz CT molecular complexity index is 1700. The summed E-state index contributed by atoms with van der Waals surface area (Å²) in [7, 11) is -4.15. The van der Waals surface area contributed by atoms with Gasteiger partial charge in [0.15, 0.2) is 0 Å². The molecule has 1 amide bonds. The van der Waals surface area contributed by atoms with Crippen molar-refractivity contribution >= 4 is 45.3 Å². The van der Waals surface area contributed by atoms with Gasteiger partial charge in [-0.2, -0.15) is 8.42 Å². The van der Waals surface area contributed by atoms with Gasteiger partial charge >= 0.3 is 6.09 Å².